The summed E-state index contributed by atoms with van der Waals surface area (Å²) in [5, 5.41) is 9.86. The van der Waals surface area contributed by atoms with Crippen LogP contribution in [0, 0.1) is 0 Å². The van der Waals surface area contributed by atoms with Gasteiger partial charge >= 0.3 is 5.97 Å². The lowest BCUT2D eigenvalue weighted by Crippen LogP contribution is -2.55. The standard InChI is InChI=1S/C14H19ClN2O2/c1-9-7-17(8-10(2)16(9)3)13-6-11(15)4-5-12(13)14(18)19/h4-6,9-10H,7-8H2,1-3H3,(H,18,19). The van der Waals surface area contributed by atoms with E-state index in [1.807, 2.05) is 0 Å². The minimum absolute atomic E-state index is 0.313. The van der Waals surface area contributed by atoms with Crippen LogP contribution >= 0.6 is 11.6 Å². The number of halogens is 1. The van der Waals surface area contributed by atoms with Crippen molar-refractivity contribution in [3.8, 4) is 0 Å². The van der Waals surface area contributed by atoms with Gasteiger partial charge in [0.25, 0.3) is 0 Å². The first kappa shape index (κ1) is 14.2. The molecule has 0 aliphatic carbocycles. The molecule has 1 N–H and O–H groups in total. The molecule has 19 heavy (non-hydrogen) atoms. The van der Waals surface area contributed by atoms with Crippen LogP contribution in [0.5, 0.6) is 0 Å². The van der Waals surface area contributed by atoms with Crippen LogP contribution in [0.15, 0.2) is 18.2 Å². The Morgan fingerprint density at radius 2 is 1.89 bits per heavy atom. The van der Waals surface area contributed by atoms with Gasteiger partial charge < -0.3 is 10.0 Å². The first-order valence-electron chi connectivity index (χ1n) is 6.40. The minimum Gasteiger partial charge on any atom is -0.478 e. The lowest BCUT2D eigenvalue weighted by molar-refractivity contribution is 0.0697. The molecule has 0 radical (unpaired) electrons. The second-order valence-corrected chi connectivity index (χ2v) is 5.67. The molecule has 1 saturated heterocycles. The Bertz CT molecular complexity index is 480. The van der Waals surface area contributed by atoms with E-state index in [1.165, 1.54) is 0 Å². The van der Waals surface area contributed by atoms with Crippen LogP contribution in [0.3, 0.4) is 0 Å². The van der Waals surface area contributed by atoms with Gasteiger partial charge in [0.05, 0.1) is 11.3 Å². The molecule has 2 unspecified atom stereocenters. The van der Waals surface area contributed by atoms with Crippen LogP contribution in [0.4, 0.5) is 5.69 Å². The van der Waals surface area contributed by atoms with Gasteiger partial charge in [-0.25, -0.2) is 4.79 Å². The van der Waals surface area contributed by atoms with E-state index in [4.69, 9.17) is 11.6 Å². The monoisotopic (exact) mass is 282 g/mol. The zero-order valence-electron chi connectivity index (χ0n) is 11.4. The molecule has 0 saturated carbocycles. The van der Waals surface area contributed by atoms with Crippen LogP contribution in [0.25, 0.3) is 0 Å². The number of hydrogen-bond acceptors (Lipinski definition) is 3. The number of carboxylic acid groups (broad SMARTS) is 1. The molecule has 1 heterocycles. The number of benzene rings is 1. The van der Waals surface area contributed by atoms with Crippen molar-refractivity contribution in [2.75, 3.05) is 25.0 Å². The zero-order valence-corrected chi connectivity index (χ0v) is 12.2. The Balaban J connectivity index is 2.36. The molecule has 5 heteroatoms. The van der Waals surface area contributed by atoms with E-state index in [9.17, 15) is 9.90 Å². The Hall–Kier alpha value is -1.26. The molecule has 1 aliphatic rings. The molecule has 0 amide bonds. The number of carboxylic acids is 1. The number of hydrogen-bond donors (Lipinski definition) is 1. The number of carbonyl (C=O) groups is 1. The van der Waals surface area contributed by atoms with Crippen molar-refractivity contribution >= 4 is 23.3 Å². The first-order chi connectivity index (χ1) is 8.90. The van der Waals surface area contributed by atoms with Crippen LogP contribution in [0.1, 0.15) is 24.2 Å². The van der Waals surface area contributed by atoms with Gasteiger partial charge in [-0.2, -0.15) is 0 Å². The maximum Gasteiger partial charge on any atom is 0.337 e. The van der Waals surface area contributed by atoms with Crippen molar-refractivity contribution in [2.45, 2.75) is 25.9 Å². The summed E-state index contributed by atoms with van der Waals surface area (Å²) in [7, 11) is 2.10. The average Bonchev–Trinajstić information content (AvgIpc) is 2.34. The molecule has 104 valence electrons. The van der Waals surface area contributed by atoms with Crippen molar-refractivity contribution < 1.29 is 9.90 Å². The summed E-state index contributed by atoms with van der Waals surface area (Å²) in [4.78, 5) is 15.7. The lowest BCUT2D eigenvalue weighted by Gasteiger charge is -2.43. The molecular weight excluding hydrogens is 264 g/mol. The zero-order chi connectivity index (χ0) is 14.2. The van der Waals surface area contributed by atoms with Gasteiger partial charge in [0.1, 0.15) is 0 Å². The lowest BCUT2D eigenvalue weighted by atomic mass is 10.1. The molecule has 4 nitrogen and oxygen atoms in total. The highest BCUT2D eigenvalue weighted by molar-refractivity contribution is 6.31. The van der Waals surface area contributed by atoms with Crippen LogP contribution in [0.2, 0.25) is 5.02 Å². The highest BCUT2D eigenvalue weighted by Gasteiger charge is 2.28. The quantitative estimate of drug-likeness (QED) is 0.905. The Kier molecular flexibility index (Phi) is 4.02. The smallest absolute Gasteiger partial charge is 0.337 e. The SMILES string of the molecule is CC1CN(c2cc(Cl)ccc2C(=O)O)CC(C)N1C. The summed E-state index contributed by atoms with van der Waals surface area (Å²) < 4.78 is 0. The molecule has 0 spiro atoms. The largest absolute Gasteiger partial charge is 0.478 e. The predicted octanol–water partition coefficient (Wildman–Crippen LogP) is 2.57. The topological polar surface area (TPSA) is 43.8 Å². The molecule has 1 aliphatic heterocycles. The van der Waals surface area contributed by atoms with Gasteiger partial charge in [-0.15, -0.1) is 0 Å². The third-order valence-electron chi connectivity index (χ3n) is 3.89. The fourth-order valence-electron chi connectivity index (χ4n) is 2.55. The summed E-state index contributed by atoms with van der Waals surface area (Å²) in [6, 6.07) is 5.70. The van der Waals surface area contributed by atoms with Crippen LogP contribution in [-0.4, -0.2) is 48.2 Å². The van der Waals surface area contributed by atoms with E-state index in [-0.39, 0.29) is 0 Å². The number of piperazine rings is 1. The molecule has 1 fully saturated rings. The number of likely N-dealkylation sites (N-methyl/N-ethyl adjacent to an activating group) is 1. The van der Waals surface area contributed by atoms with E-state index in [2.05, 4.69) is 30.7 Å². The van der Waals surface area contributed by atoms with E-state index in [0.717, 1.165) is 13.1 Å². The van der Waals surface area contributed by atoms with Gasteiger partial charge in [-0.3, -0.25) is 4.90 Å². The maximum atomic E-state index is 11.3. The van der Waals surface area contributed by atoms with Crippen LogP contribution < -0.4 is 4.90 Å². The van der Waals surface area contributed by atoms with Gasteiger partial charge in [0, 0.05) is 30.2 Å². The summed E-state index contributed by atoms with van der Waals surface area (Å²) in [5.74, 6) is -0.911. The van der Waals surface area contributed by atoms with Gasteiger partial charge in [-0.05, 0) is 39.1 Å². The maximum absolute atomic E-state index is 11.3. The predicted molar refractivity (Wildman–Crippen MR) is 77.3 cm³/mol. The third-order valence-corrected chi connectivity index (χ3v) is 4.13. The van der Waals surface area contributed by atoms with Crippen molar-refractivity contribution in [3.63, 3.8) is 0 Å². The van der Waals surface area contributed by atoms with Crippen molar-refractivity contribution in [1.82, 2.24) is 4.90 Å². The van der Waals surface area contributed by atoms with Crippen molar-refractivity contribution in [2.24, 2.45) is 0 Å². The van der Waals surface area contributed by atoms with E-state index < -0.39 is 5.97 Å². The molecule has 0 bridgehead atoms. The normalized spacial score (nSPS) is 24.5. The highest BCUT2D eigenvalue weighted by Crippen LogP contribution is 2.28. The number of rotatable bonds is 2. The fraction of sp³-hybridized carbons (Fsp3) is 0.500. The summed E-state index contributed by atoms with van der Waals surface area (Å²) in [6.45, 7) is 5.91. The molecule has 2 rings (SSSR count). The number of anilines is 1. The Labute approximate surface area is 118 Å². The number of nitrogens with zero attached hydrogens (tertiary/aromatic N) is 2. The second kappa shape index (κ2) is 5.39. The highest BCUT2D eigenvalue weighted by atomic mass is 35.5. The molecular formula is C14H19ClN2O2. The van der Waals surface area contributed by atoms with Gasteiger partial charge in [-0.1, -0.05) is 11.6 Å². The van der Waals surface area contributed by atoms with E-state index >= 15 is 0 Å². The van der Waals surface area contributed by atoms with Gasteiger partial charge in [0.15, 0.2) is 0 Å². The van der Waals surface area contributed by atoms with Crippen molar-refractivity contribution in [1.29, 1.82) is 0 Å². The minimum atomic E-state index is -0.911. The molecule has 0 aromatic heterocycles. The molecule has 1 aromatic carbocycles. The fourth-order valence-corrected chi connectivity index (χ4v) is 2.71. The van der Waals surface area contributed by atoms with E-state index in [1.54, 1.807) is 18.2 Å². The summed E-state index contributed by atoms with van der Waals surface area (Å²) in [6.07, 6.45) is 0. The van der Waals surface area contributed by atoms with Crippen molar-refractivity contribution in [3.05, 3.63) is 28.8 Å². The molecule has 1 aromatic rings. The second-order valence-electron chi connectivity index (χ2n) is 5.24. The Morgan fingerprint density at radius 1 is 1.32 bits per heavy atom. The van der Waals surface area contributed by atoms with Crippen LogP contribution in [-0.2, 0) is 0 Å². The van der Waals surface area contributed by atoms with Gasteiger partial charge in [0.2, 0.25) is 0 Å². The summed E-state index contributed by atoms with van der Waals surface area (Å²) >= 11 is 6.01. The molecule has 2 atom stereocenters. The summed E-state index contributed by atoms with van der Waals surface area (Å²) in [5.41, 5.74) is 1.03. The number of aromatic carboxylic acids is 1. The third kappa shape index (κ3) is 2.85. The van der Waals surface area contributed by atoms with E-state index in [0.29, 0.717) is 28.4 Å². The average molecular weight is 283 g/mol. The first-order valence-corrected chi connectivity index (χ1v) is 6.77. The Morgan fingerprint density at radius 3 is 2.42 bits per heavy atom.